The molecule has 2 aromatic carbocycles. The van der Waals surface area contributed by atoms with Gasteiger partial charge in [0, 0.05) is 11.5 Å². The van der Waals surface area contributed by atoms with E-state index in [1.165, 1.54) is 20.0 Å². The Hall–Kier alpha value is -3.94. The van der Waals surface area contributed by atoms with E-state index in [0.717, 1.165) is 5.56 Å². The normalized spacial score (nSPS) is 11.6. The van der Waals surface area contributed by atoms with E-state index < -0.39 is 16.7 Å². The minimum Gasteiger partial charge on any atom is -0.497 e. The summed E-state index contributed by atoms with van der Waals surface area (Å²) in [5.41, 5.74) is 0.133. The minimum atomic E-state index is -0.582. The number of carbonyl (C=O) groups excluding carboxylic acids is 1. The largest absolute Gasteiger partial charge is 0.497 e. The number of nitrogens with zero attached hydrogens (tertiary/aromatic N) is 4. The first-order valence-electron chi connectivity index (χ1n) is 10.6. The predicted molar refractivity (Wildman–Crippen MR) is 126 cm³/mol. The molecule has 0 bridgehead atoms. The highest BCUT2D eigenvalue weighted by atomic mass is 16.5. The Labute approximate surface area is 190 Å². The van der Waals surface area contributed by atoms with Gasteiger partial charge in [-0.1, -0.05) is 57.2 Å². The molecule has 0 saturated heterocycles. The fourth-order valence-electron chi connectivity index (χ4n) is 3.58. The van der Waals surface area contributed by atoms with Crippen LogP contribution >= 0.6 is 0 Å². The lowest BCUT2D eigenvalue weighted by Gasteiger charge is -2.17. The third-order valence-corrected chi connectivity index (χ3v) is 5.55. The number of aromatic nitrogens is 4. The third-order valence-electron chi connectivity index (χ3n) is 5.55. The highest BCUT2D eigenvalue weighted by molar-refractivity contribution is 5.85. The van der Waals surface area contributed by atoms with Crippen molar-refractivity contribution in [1.82, 2.24) is 18.7 Å². The van der Waals surface area contributed by atoms with Crippen molar-refractivity contribution in [3.63, 3.8) is 0 Å². The highest BCUT2D eigenvalue weighted by Gasteiger charge is 2.25. The van der Waals surface area contributed by atoms with Gasteiger partial charge in [0.05, 0.1) is 32.2 Å². The van der Waals surface area contributed by atoms with Gasteiger partial charge in [0.15, 0.2) is 16.9 Å². The van der Waals surface area contributed by atoms with Crippen LogP contribution in [0.3, 0.4) is 0 Å². The van der Waals surface area contributed by atoms with Gasteiger partial charge in [-0.3, -0.25) is 14.2 Å². The summed E-state index contributed by atoms with van der Waals surface area (Å²) in [6.07, 6.45) is 1.44. The molecule has 2 heterocycles. The standard InChI is InChI=1S/C25H26N4O4/c1-25(2,3)20(30)15-27-16-26-22-21(27)23(31)28(14-17-9-6-5-7-10-17)24(32)29(22)18-11-8-12-19(13-18)33-4/h5-13,16H,14-15H2,1-4H3. The lowest BCUT2D eigenvalue weighted by molar-refractivity contribution is -0.126. The maximum Gasteiger partial charge on any atom is 0.337 e. The van der Waals surface area contributed by atoms with Crippen LogP contribution in [0.4, 0.5) is 0 Å². The van der Waals surface area contributed by atoms with Crippen LogP contribution in [0.1, 0.15) is 26.3 Å². The van der Waals surface area contributed by atoms with Gasteiger partial charge in [-0.2, -0.15) is 0 Å². The molecule has 2 aromatic heterocycles. The molecule has 4 aromatic rings. The summed E-state index contributed by atoms with van der Waals surface area (Å²) >= 11 is 0. The van der Waals surface area contributed by atoms with Crippen LogP contribution in [-0.2, 0) is 17.9 Å². The molecule has 33 heavy (non-hydrogen) atoms. The van der Waals surface area contributed by atoms with Crippen molar-refractivity contribution in [2.24, 2.45) is 5.41 Å². The zero-order valence-corrected chi connectivity index (χ0v) is 19.1. The summed E-state index contributed by atoms with van der Waals surface area (Å²) in [6.45, 7) is 5.56. The van der Waals surface area contributed by atoms with E-state index in [1.54, 1.807) is 31.4 Å². The van der Waals surface area contributed by atoms with Gasteiger partial charge >= 0.3 is 5.69 Å². The van der Waals surface area contributed by atoms with Gasteiger partial charge in [-0.15, -0.1) is 0 Å². The number of carbonyl (C=O) groups is 1. The fourth-order valence-corrected chi connectivity index (χ4v) is 3.58. The van der Waals surface area contributed by atoms with Crippen molar-refractivity contribution in [2.45, 2.75) is 33.9 Å². The zero-order valence-electron chi connectivity index (χ0n) is 19.1. The third kappa shape index (κ3) is 4.24. The SMILES string of the molecule is COc1cccc(-n2c(=O)n(Cc3ccccc3)c(=O)c3c2ncn3CC(=O)C(C)(C)C)c1. The Bertz CT molecular complexity index is 1440. The molecule has 170 valence electrons. The first-order valence-corrected chi connectivity index (χ1v) is 10.6. The highest BCUT2D eigenvalue weighted by Crippen LogP contribution is 2.20. The van der Waals surface area contributed by atoms with Crippen LogP contribution in [0.25, 0.3) is 16.9 Å². The average molecular weight is 447 g/mol. The molecule has 0 spiro atoms. The van der Waals surface area contributed by atoms with Crippen LogP contribution in [0.5, 0.6) is 5.75 Å². The average Bonchev–Trinajstić information content (AvgIpc) is 3.20. The summed E-state index contributed by atoms with van der Waals surface area (Å²) < 4.78 is 9.42. The molecule has 0 amide bonds. The number of rotatable bonds is 6. The molecule has 4 rings (SSSR count). The number of imidazole rings is 1. The summed E-state index contributed by atoms with van der Waals surface area (Å²) in [7, 11) is 1.54. The number of hydrogen-bond donors (Lipinski definition) is 0. The molecule has 8 heteroatoms. The molecule has 0 saturated carbocycles. The number of benzene rings is 2. The molecule has 8 nitrogen and oxygen atoms in total. The van der Waals surface area contributed by atoms with Gasteiger partial charge < -0.3 is 9.30 Å². The van der Waals surface area contributed by atoms with Crippen LogP contribution < -0.4 is 16.0 Å². The summed E-state index contributed by atoms with van der Waals surface area (Å²) in [5.74, 6) is 0.519. The number of ketones is 1. The van der Waals surface area contributed by atoms with E-state index in [2.05, 4.69) is 4.98 Å². The monoisotopic (exact) mass is 446 g/mol. The van der Waals surface area contributed by atoms with Crippen molar-refractivity contribution in [3.8, 4) is 11.4 Å². The predicted octanol–water partition coefficient (Wildman–Crippen LogP) is 3.02. The van der Waals surface area contributed by atoms with E-state index >= 15 is 0 Å². The molecule has 0 atom stereocenters. The Morgan fingerprint density at radius 2 is 1.76 bits per heavy atom. The Balaban J connectivity index is 2.00. The quantitative estimate of drug-likeness (QED) is 0.454. The Morgan fingerprint density at radius 1 is 1.03 bits per heavy atom. The van der Waals surface area contributed by atoms with Crippen LogP contribution in [-0.4, -0.2) is 31.6 Å². The second-order valence-electron chi connectivity index (χ2n) is 8.91. The molecule has 0 aliphatic rings. The minimum absolute atomic E-state index is 0.0170. The van der Waals surface area contributed by atoms with E-state index in [1.807, 2.05) is 51.1 Å². The molecule has 0 radical (unpaired) electrons. The molecular weight excluding hydrogens is 420 g/mol. The molecule has 0 aliphatic carbocycles. The topological polar surface area (TPSA) is 88.1 Å². The number of Topliss-reactive ketones (excluding diaryl/α,β-unsaturated/α-hetero) is 1. The van der Waals surface area contributed by atoms with Gasteiger partial charge in [0.2, 0.25) is 0 Å². The van der Waals surface area contributed by atoms with E-state index in [0.29, 0.717) is 11.4 Å². The lowest BCUT2D eigenvalue weighted by Crippen LogP contribution is -2.40. The number of hydrogen-bond acceptors (Lipinski definition) is 5. The van der Waals surface area contributed by atoms with Crippen molar-refractivity contribution in [3.05, 3.63) is 87.3 Å². The first-order chi connectivity index (χ1) is 15.7. The Morgan fingerprint density at radius 3 is 2.42 bits per heavy atom. The lowest BCUT2D eigenvalue weighted by atomic mass is 9.91. The van der Waals surface area contributed by atoms with E-state index in [-0.39, 0.29) is 30.0 Å². The zero-order chi connectivity index (χ0) is 23.8. The number of ether oxygens (including phenoxy) is 1. The maximum absolute atomic E-state index is 13.6. The van der Waals surface area contributed by atoms with Crippen molar-refractivity contribution >= 4 is 16.9 Å². The second-order valence-corrected chi connectivity index (χ2v) is 8.91. The van der Waals surface area contributed by atoms with E-state index in [4.69, 9.17) is 4.74 Å². The molecule has 0 fully saturated rings. The Kier molecular flexibility index (Phi) is 5.76. The summed E-state index contributed by atoms with van der Waals surface area (Å²) in [6, 6.07) is 16.3. The van der Waals surface area contributed by atoms with Crippen LogP contribution in [0.2, 0.25) is 0 Å². The fraction of sp³-hybridized carbons (Fsp3) is 0.280. The second kappa shape index (κ2) is 8.54. The van der Waals surface area contributed by atoms with E-state index in [9.17, 15) is 14.4 Å². The molecule has 0 aliphatic heterocycles. The number of methoxy groups -OCH3 is 1. The van der Waals surface area contributed by atoms with Gasteiger partial charge in [-0.05, 0) is 17.7 Å². The summed E-state index contributed by atoms with van der Waals surface area (Å²) in [5, 5.41) is 0. The van der Waals surface area contributed by atoms with Crippen molar-refractivity contribution in [1.29, 1.82) is 0 Å². The maximum atomic E-state index is 13.6. The van der Waals surface area contributed by atoms with Crippen molar-refractivity contribution in [2.75, 3.05) is 7.11 Å². The van der Waals surface area contributed by atoms with Crippen LogP contribution in [0, 0.1) is 5.41 Å². The molecular formula is C25H26N4O4. The number of fused-ring (bicyclic) bond motifs is 1. The molecule has 0 N–H and O–H groups in total. The smallest absolute Gasteiger partial charge is 0.337 e. The van der Waals surface area contributed by atoms with Crippen molar-refractivity contribution < 1.29 is 9.53 Å². The summed E-state index contributed by atoms with van der Waals surface area (Å²) in [4.78, 5) is 44.2. The van der Waals surface area contributed by atoms with Gasteiger partial charge in [0.25, 0.3) is 5.56 Å². The van der Waals surface area contributed by atoms with Gasteiger partial charge in [-0.25, -0.2) is 14.3 Å². The van der Waals surface area contributed by atoms with Crippen LogP contribution in [0.15, 0.2) is 70.5 Å². The first kappa shape index (κ1) is 22.3. The van der Waals surface area contributed by atoms with Gasteiger partial charge in [0.1, 0.15) is 5.75 Å². The molecule has 0 unspecified atom stereocenters.